The number of nitrogens with zero attached hydrogens (tertiary/aromatic N) is 3. The smallest absolute Gasteiger partial charge is 0.165 e. The van der Waals surface area contributed by atoms with Gasteiger partial charge in [-0.05, 0) is 25.8 Å². The first-order valence-electron chi connectivity index (χ1n) is 7.20. The number of fused-ring (bicyclic) bond motifs is 1. The van der Waals surface area contributed by atoms with Crippen molar-refractivity contribution in [2.24, 2.45) is 0 Å². The van der Waals surface area contributed by atoms with Gasteiger partial charge in [0.25, 0.3) is 0 Å². The maximum Gasteiger partial charge on any atom is 0.165 e. The van der Waals surface area contributed by atoms with Crippen LogP contribution in [0.2, 0.25) is 0 Å². The van der Waals surface area contributed by atoms with Crippen molar-refractivity contribution >= 4 is 16.7 Å². The predicted molar refractivity (Wildman–Crippen MR) is 85.3 cm³/mol. The normalized spacial score (nSPS) is 10.3. The molecule has 2 rings (SSSR count). The van der Waals surface area contributed by atoms with Crippen molar-refractivity contribution in [3.05, 3.63) is 18.0 Å². The molecule has 1 heterocycles. The van der Waals surface area contributed by atoms with Crippen LogP contribution in [0, 0.1) is 18.3 Å². The fraction of sp³-hybridized carbons (Fsp3) is 0.438. The van der Waals surface area contributed by atoms with Crippen molar-refractivity contribution in [3.8, 4) is 17.6 Å². The second kappa shape index (κ2) is 7.46. The van der Waals surface area contributed by atoms with E-state index < -0.39 is 0 Å². The Hall–Kier alpha value is -2.55. The minimum Gasteiger partial charge on any atom is -0.493 e. The van der Waals surface area contributed by atoms with E-state index in [-0.39, 0.29) is 0 Å². The third kappa shape index (κ3) is 3.19. The van der Waals surface area contributed by atoms with Crippen LogP contribution in [0.25, 0.3) is 10.9 Å². The number of hydrogen-bond donors (Lipinski definition) is 1. The maximum absolute atomic E-state index is 8.54. The van der Waals surface area contributed by atoms with E-state index >= 15 is 0 Å². The highest BCUT2D eigenvalue weighted by atomic mass is 16.5. The lowest BCUT2D eigenvalue weighted by atomic mass is 10.1. The van der Waals surface area contributed by atoms with Gasteiger partial charge in [0, 0.05) is 23.9 Å². The van der Waals surface area contributed by atoms with Crippen molar-refractivity contribution in [2.45, 2.75) is 26.2 Å². The lowest BCUT2D eigenvalue weighted by Crippen LogP contribution is -2.05. The number of aryl methyl sites for hydroxylation is 1. The van der Waals surface area contributed by atoms with Gasteiger partial charge >= 0.3 is 0 Å². The van der Waals surface area contributed by atoms with E-state index in [0.29, 0.717) is 17.9 Å². The largest absolute Gasteiger partial charge is 0.493 e. The average Bonchev–Trinajstić information content (AvgIpc) is 2.54. The third-order valence-corrected chi connectivity index (χ3v) is 3.51. The van der Waals surface area contributed by atoms with Crippen LogP contribution in [-0.2, 0) is 0 Å². The number of unbranched alkanes of at least 4 members (excludes halogenated alkanes) is 2. The highest BCUT2D eigenvalue weighted by Crippen LogP contribution is 2.37. The van der Waals surface area contributed by atoms with Gasteiger partial charge in [0.1, 0.15) is 12.1 Å². The molecule has 0 unspecified atom stereocenters. The molecule has 0 atom stereocenters. The zero-order valence-electron chi connectivity index (χ0n) is 13.1. The molecule has 22 heavy (non-hydrogen) atoms. The number of benzene rings is 1. The quantitative estimate of drug-likeness (QED) is 0.792. The monoisotopic (exact) mass is 300 g/mol. The van der Waals surface area contributed by atoms with Gasteiger partial charge in [-0.25, -0.2) is 9.97 Å². The second-order valence-electron chi connectivity index (χ2n) is 4.90. The van der Waals surface area contributed by atoms with Crippen molar-refractivity contribution in [1.29, 1.82) is 5.26 Å². The van der Waals surface area contributed by atoms with Crippen LogP contribution in [0.3, 0.4) is 0 Å². The van der Waals surface area contributed by atoms with E-state index in [4.69, 9.17) is 14.7 Å². The number of ether oxygens (including phenoxy) is 2. The molecule has 0 saturated carbocycles. The van der Waals surface area contributed by atoms with Gasteiger partial charge in [0.2, 0.25) is 0 Å². The van der Waals surface area contributed by atoms with Crippen molar-refractivity contribution in [3.63, 3.8) is 0 Å². The Balaban J connectivity index is 2.32. The summed E-state index contributed by atoms with van der Waals surface area (Å²) in [6.07, 6.45) is 3.92. The molecule has 6 heteroatoms. The molecule has 0 saturated heterocycles. The topological polar surface area (TPSA) is 80.1 Å². The summed E-state index contributed by atoms with van der Waals surface area (Å²) in [5.41, 5.74) is 1.76. The van der Waals surface area contributed by atoms with Crippen LogP contribution in [0.15, 0.2) is 12.4 Å². The molecule has 1 aromatic carbocycles. The summed E-state index contributed by atoms with van der Waals surface area (Å²) >= 11 is 0. The number of anilines is 1. The van der Waals surface area contributed by atoms with Gasteiger partial charge in [0.15, 0.2) is 11.5 Å². The van der Waals surface area contributed by atoms with Crippen LogP contribution in [0.1, 0.15) is 24.8 Å². The molecule has 0 spiro atoms. The summed E-state index contributed by atoms with van der Waals surface area (Å²) in [7, 11) is 3.23. The highest BCUT2D eigenvalue weighted by Gasteiger charge is 2.15. The third-order valence-electron chi connectivity index (χ3n) is 3.51. The molecule has 0 aliphatic heterocycles. The number of rotatable bonds is 7. The molecule has 0 aliphatic carbocycles. The first-order chi connectivity index (χ1) is 10.7. The summed E-state index contributed by atoms with van der Waals surface area (Å²) < 4.78 is 10.8. The Kier molecular flexibility index (Phi) is 5.37. The summed E-state index contributed by atoms with van der Waals surface area (Å²) in [5.74, 6) is 2.12. The zero-order chi connectivity index (χ0) is 15.9. The molecule has 1 N–H and O–H groups in total. The Morgan fingerprint density at radius 2 is 2.05 bits per heavy atom. The Labute approximate surface area is 130 Å². The Morgan fingerprint density at radius 3 is 2.73 bits per heavy atom. The van der Waals surface area contributed by atoms with Crippen molar-refractivity contribution in [1.82, 2.24) is 9.97 Å². The van der Waals surface area contributed by atoms with E-state index in [2.05, 4.69) is 21.4 Å². The van der Waals surface area contributed by atoms with E-state index in [9.17, 15) is 0 Å². The fourth-order valence-electron chi connectivity index (χ4n) is 2.40. The first-order valence-corrected chi connectivity index (χ1v) is 7.20. The van der Waals surface area contributed by atoms with E-state index in [1.54, 1.807) is 20.5 Å². The van der Waals surface area contributed by atoms with Crippen LogP contribution in [0.4, 0.5) is 5.82 Å². The van der Waals surface area contributed by atoms with Gasteiger partial charge in [-0.15, -0.1) is 0 Å². The summed E-state index contributed by atoms with van der Waals surface area (Å²) in [6.45, 7) is 2.72. The lowest BCUT2D eigenvalue weighted by Gasteiger charge is -2.14. The molecule has 0 fully saturated rings. The summed E-state index contributed by atoms with van der Waals surface area (Å²) in [4.78, 5) is 8.67. The fourth-order valence-corrected chi connectivity index (χ4v) is 2.40. The molecule has 0 bridgehead atoms. The SMILES string of the molecule is COc1cc2c(NCCCCC#N)ncnc2c(C)c1OC. The number of nitrogens with one attached hydrogen (secondary N) is 1. The van der Waals surface area contributed by atoms with Gasteiger partial charge in [-0.2, -0.15) is 5.26 Å². The molecule has 116 valence electrons. The van der Waals surface area contributed by atoms with Gasteiger partial charge < -0.3 is 14.8 Å². The van der Waals surface area contributed by atoms with E-state index in [0.717, 1.165) is 41.7 Å². The van der Waals surface area contributed by atoms with Crippen molar-refractivity contribution in [2.75, 3.05) is 26.1 Å². The minimum atomic E-state index is 0.580. The van der Waals surface area contributed by atoms with Crippen LogP contribution in [0.5, 0.6) is 11.5 Å². The maximum atomic E-state index is 8.54. The Bertz CT molecular complexity index is 695. The van der Waals surface area contributed by atoms with Gasteiger partial charge in [-0.1, -0.05) is 0 Å². The molecule has 1 aromatic heterocycles. The first kappa shape index (κ1) is 15.8. The molecular formula is C16H20N4O2. The van der Waals surface area contributed by atoms with E-state index in [1.807, 2.05) is 13.0 Å². The van der Waals surface area contributed by atoms with Crippen molar-refractivity contribution < 1.29 is 9.47 Å². The number of hydrogen-bond acceptors (Lipinski definition) is 6. The molecule has 0 aliphatic rings. The van der Waals surface area contributed by atoms with Gasteiger partial charge in [-0.3, -0.25) is 0 Å². The predicted octanol–water partition coefficient (Wildman–Crippen LogP) is 3.06. The summed E-state index contributed by atoms with van der Waals surface area (Å²) in [5, 5.41) is 12.8. The van der Waals surface area contributed by atoms with Crippen LogP contribution in [-0.4, -0.2) is 30.7 Å². The standard InChI is InChI=1S/C16H20N4O2/c1-11-14-12(9-13(21-2)15(11)22-3)16(20-10-19-14)18-8-6-4-5-7-17/h9-10H,4-6,8H2,1-3H3,(H,18,19,20). The Morgan fingerprint density at radius 1 is 1.23 bits per heavy atom. The highest BCUT2D eigenvalue weighted by molar-refractivity contribution is 5.94. The average molecular weight is 300 g/mol. The molecular weight excluding hydrogens is 280 g/mol. The number of aromatic nitrogens is 2. The van der Waals surface area contributed by atoms with Gasteiger partial charge in [0.05, 0.1) is 25.8 Å². The lowest BCUT2D eigenvalue weighted by molar-refractivity contribution is 0.354. The molecule has 0 radical (unpaired) electrons. The van der Waals surface area contributed by atoms with Crippen LogP contribution >= 0.6 is 0 Å². The molecule has 0 amide bonds. The van der Waals surface area contributed by atoms with Crippen LogP contribution < -0.4 is 14.8 Å². The number of methoxy groups -OCH3 is 2. The zero-order valence-corrected chi connectivity index (χ0v) is 13.1. The minimum absolute atomic E-state index is 0.580. The molecule has 6 nitrogen and oxygen atoms in total. The molecule has 2 aromatic rings. The number of nitriles is 1. The second-order valence-corrected chi connectivity index (χ2v) is 4.90. The van der Waals surface area contributed by atoms with E-state index in [1.165, 1.54) is 0 Å². The summed E-state index contributed by atoms with van der Waals surface area (Å²) in [6, 6.07) is 4.04.